The summed E-state index contributed by atoms with van der Waals surface area (Å²) in [4.78, 5) is 12.2. The molecule has 3 N–H and O–H groups in total. The Morgan fingerprint density at radius 3 is 2.86 bits per heavy atom. The minimum Gasteiger partial charge on any atom is -0.485 e. The van der Waals surface area contributed by atoms with Crippen LogP contribution in [0.4, 0.5) is 14.5 Å². The quantitative estimate of drug-likeness (QED) is 0.878. The maximum absolute atomic E-state index is 12.2. The first-order valence-corrected chi connectivity index (χ1v) is 7.12. The fourth-order valence-corrected chi connectivity index (χ4v) is 2.55. The highest BCUT2D eigenvalue weighted by molar-refractivity contribution is 5.94. The van der Waals surface area contributed by atoms with Crippen molar-refractivity contribution in [3.05, 3.63) is 24.3 Å². The molecule has 1 amide bonds. The Kier molecular flexibility index (Phi) is 5.50. The van der Waals surface area contributed by atoms with E-state index in [1.807, 2.05) is 0 Å². The summed E-state index contributed by atoms with van der Waals surface area (Å²) in [7, 11) is 0. The van der Waals surface area contributed by atoms with Gasteiger partial charge in [0.05, 0.1) is 5.69 Å². The number of nitrogens with two attached hydrogens (primary N) is 1. The first kappa shape index (κ1) is 15.7. The second kappa shape index (κ2) is 7.36. The van der Waals surface area contributed by atoms with Crippen molar-refractivity contribution in [1.29, 1.82) is 0 Å². The third kappa shape index (κ3) is 4.67. The molecule has 1 aliphatic carbocycles. The van der Waals surface area contributed by atoms with Crippen LogP contribution in [-0.2, 0) is 4.79 Å². The monoisotopic (exact) mass is 298 g/mol. The SMILES string of the molecule is NC1CCCC(C(=O)Nc2ccccc2OCC(F)F)C1. The molecule has 0 saturated heterocycles. The van der Waals surface area contributed by atoms with Gasteiger partial charge in [0, 0.05) is 12.0 Å². The second-order valence-electron chi connectivity index (χ2n) is 5.31. The number of benzene rings is 1. The van der Waals surface area contributed by atoms with Crippen molar-refractivity contribution in [3.63, 3.8) is 0 Å². The van der Waals surface area contributed by atoms with E-state index < -0.39 is 13.0 Å². The predicted molar refractivity (Wildman–Crippen MR) is 76.5 cm³/mol. The van der Waals surface area contributed by atoms with Crippen molar-refractivity contribution in [2.24, 2.45) is 11.7 Å². The van der Waals surface area contributed by atoms with E-state index in [1.54, 1.807) is 24.3 Å². The van der Waals surface area contributed by atoms with Crippen molar-refractivity contribution >= 4 is 11.6 Å². The fourth-order valence-electron chi connectivity index (χ4n) is 2.55. The molecule has 0 aromatic heterocycles. The number of rotatable bonds is 5. The Hall–Kier alpha value is -1.69. The van der Waals surface area contributed by atoms with Crippen molar-refractivity contribution in [3.8, 4) is 5.75 Å². The zero-order valence-corrected chi connectivity index (χ0v) is 11.7. The average Bonchev–Trinajstić information content (AvgIpc) is 2.46. The van der Waals surface area contributed by atoms with Crippen molar-refractivity contribution < 1.29 is 18.3 Å². The Morgan fingerprint density at radius 1 is 1.38 bits per heavy atom. The molecule has 116 valence electrons. The van der Waals surface area contributed by atoms with Crippen LogP contribution in [-0.4, -0.2) is 25.0 Å². The Labute approximate surface area is 122 Å². The number of hydrogen-bond acceptors (Lipinski definition) is 3. The van der Waals surface area contributed by atoms with Crippen molar-refractivity contribution in [2.45, 2.75) is 38.2 Å². The van der Waals surface area contributed by atoms with E-state index in [4.69, 9.17) is 10.5 Å². The minimum atomic E-state index is -2.55. The van der Waals surface area contributed by atoms with Gasteiger partial charge in [-0.15, -0.1) is 0 Å². The number of anilines is 1. The van der Waals surface area contributed by atoms with E-state index in [2.05, 4.69) is 5.32 Å². The highest BCUT2D eigenvalue weighted by atomic mass is 19.3. The maximum Gasteiger partial charge on any atom is 0.272 e. The van der Waals surface area contributed by atoms with E-state index in [0.29, 0.717) is 12.1 Å². The molecule has 0 spiro atoms. The summed E-state index contributed by atoms with van der Waals surface area (Å²) in [5.41, 5.74) is 6.30. The number of halogens is 2. The molecule has 1 aliphatic rings. The second-order valence-corrected chi connectivity index (χ2v) is 5.31. The normalized spacial score (nSPS) is 22.1. The van der Waals surface area contributed by atoms with E-state index in [9.17, 15) is 13.6 Å². The van der Waals surface area contributed by atoms with Gasteiger partial charge in [-0.1, -0.05) is 18.6 Å². The molecule has 0 heterocycles. The number of para-hydroxylation sites is 2. The van der Waals surface area contributed by atoms with Gasteiger partial charge in [-0.2, -0.15) is 0 Å². The molecule has 0 radical (unpaired) electrons. The van der Waals surface area contributed by atoms with Crippen LogP contribution in [0, 0.1) is 5.92 Å². The molecule has 0 bridgehead atoms. The summed E-state index contributed by atoms with van der Waals surface area (Å²) in [6.45, 7) is -0.693. The molecule has 6 heteroatoms. The third-order valence-corrected chi connectivity index (χ3v) is 3.60. The molecule has 0 aliphatic heterocycles. The summed E-state index contributed by atoms with van der Waals surface area (Å²) in [5, 5.41) is 2.76. The van der Waals surface area contributed by atoms with E-state index in [-0.39, 0.29) is 23.6 Å². The lowest BCUT2D eigenvalue weighted by Gasteiger charge is -2.26. The lowest BCUT2D eigenvalue weighted by molar-refractivity contribution is -0.120. The predicted octanol–water partition coefficient (Wildman–Crippen LogP) is 2.79. The molecular weight excluding hydrogens is 278 g/mol. The van der Waals surface area contributed by atoms with E-state index in [1.165, 1.54) is 0 Å². The van der Waals surface area contributed by atoms with Gasteiger partial charge < -0.3 is 15.8 Å². The summed E-state index contributed by atoms with van der Waals surface area (Å²) in [6.07, 6.45) is 0.789. The number of nitrogens with one attached hydrogen (secondary N) is 1. The molecule has 4 nitrogen and oxygen atoms in total. The van der Waals surface area contributed by atoms with Gasteiger partial charge in [0.15, 0.2) is 0 Å². The van der Waals surface area contributed by atoms with Gasteiger partial charge in [0.25, 0.3) is 6.43 Å². The fraction of sp³-hybridized carbons (Fsp3) is 0.533. The van der Waals surface area contributed by atoms with Crippen LogP contribution in [0.3, 0.4) is 0 Å². The smallest absolute Gasteiger partial charge is 0.272 e. The van der Waals surface area contributed by atoms with Gasteiger partial charge in [-0.25, -0.2) is 8.78 Å². The first-order valence-electron chi connectivity index (χ1n) is 7.12. The summed E-state index contributed by atoms with van der Waals surface area (Å²) in [6, 6.07) is 6.65. The van der Waals surface area contributed by atoms with E-state index >= 15 is 0 Å². The first-order chi connectivity index (χ1) is 10.1. The summed E-state index contributed by atoms with van der Waals surface area (Å²) in [5.74, 6) is 0.00131. The molecule has 2 unspecified atom stereocenters. The summed E-state index contributed by atoms with van der Waals surface area (Å²) >= 11 is 0. The standard InChI is InChI=1S/C15H20F2N2O2/c16-14(17)9-21-13-7-2-1-6-12(13)19-15(20)10-4-3-5-11(18)8-10/h1-2,6-7,10-11,14H,3-5,8-9,18H2,(H,19,20). The minimum absolute atomic E-state index is 0.0554. The number of amides is 1. The molecule has 2 atom stereocenters. The third-order valence-electron chi connectivity index (χ3n) is 3.60. The largest absolute Gasteiger partial charge is 0.485 e. The number of hydrogen-bond donors (Lipinski definition) is 2. The molecule has 1 fully saturated rings. The molecule has 2 rings (SSSR count). The average molecular weight is 298 g/mol. The van der Waals surface area contributed by atoms with Gasteiger partial charge in [0.2, 0.25) is 5.91 Å². The number of carbonyl (C=O) groups excluding carboxylic acids is 1. The van der Waals surface area contributed by atoms with Gasteiger partial charge in [-0.05, 0) is 31.4 Å². The molecule has 1 aromatic rings. The number of alkyl halides is 2. The van der Waals surface area contributed by atoms with Crippen LogP contribution in [0.2, 0.25) is 0 Å². The Bertz CT molecular complexity index is 482. The van der Waals surface area contributed by atoms with Crippen LogP contribution in [0.1, 0.15) is 25.7 Å². The van der Waals surface area contributed by atoms with Crippen molar-refractivity contribution in [2.75, 3.05) is 11.9 Å². The zero-order valence-electron chi connectivity index (χ0n) is 11.7. The Balaban J connectivity index is 1.99. The van der Waals surface area contributed by atoms with Crippen LogP contribution in [0.25, 0.3) is 0 Å². The Morgan fingerprint density at radius 2 is 2.14 bits per heavy atom. The topological polar surface area (TPSA) is 64.4 Å². The molecule has 21 heavy (non-hydrogen) atoms. The number of carbonyl (C=O) groups is 1. The van der Waals surface area contributed by atoms with Crippen LogP contribution >= 0.6 is 0 Å². The van der Waals surface area contributed by atoms with Crippen molar-refractivity contribution in [1.82, 2.24) is 0 Å². The van der Waals surface area contributed by atoms with E-state index in [0.717, 1.165) is 19.3 Å². The van der Waals surface area contributed by atoms with Crippen LogP contribution < -0.4 is 15.8 Å². The van der Waals surface area contributed by atoms with Gasteiger partial charge >= 0.3 is 0 Å². The highest BCUT2D eigenvalue weighted by Gasteiger charge is 2.25. The molecule has 1 aromatic carbocycles. The molecule has 1 saturated carbocycles. The molecular formula is C15H20F2N2O2. The highest BCUT2D eigenvalue weighted by Crippen LogP contribution is 2.28. The van der Waals surface area contributed by atoms with Gasteiger partial charge in [0.1, 0.15) is 12.4 Å². The van der Waals surface area contributed by atoms with Crippen LogP contribution in [0.15, 0.2) is 24.3 Å². The number of ether oxygens (including phenoxy) is 1. The summed E-state index contributed by atoms with van der Waals surface area (Å²) < 4.78 is 29.5. The lowest BCUT2D eigenvalue weighted by atomic mass is 9.85. The zero-order chi connectivity index (χ0) is 15.2. The lowest BCUT2D eigenvalue weighted by Crippen LogP contribution is -2.34. The maximum atomic E-state index is 12.2. The van der Waals surface area contributed by atoms with Crippen LogP contribution in [0.5, 0.6) is 5.75 Å². The van der Waals surface area contributed by atoms with Gasteiger partial charge in [-0.3, -0.25) is 4.79 Å².